The van der Waals surface area contributed by atoms with E-state index in [4.69, 9.17) is 5.73 Å². The van der Waals surface area contributed by atoms with Crippen molar-refractivity contribution in [1.29, 1.82) is 0 Å². The van der Waals surface area contributed by atoms with Gasteiger partial charge in [-0.05, 0) is 44.6 Å². The van der Waals surface area contributed by atoms with E-state index in [1.54, 1.807) is 0 Å². The first-order valence-corrected chi connectivity index (χ1v) is 7.78. The SMILES string of the molecule is CCC1CCCCCN1C(=O)C1CCCC1CN. The maximum absolute atomic E-state index is 12.8. The molecule has 0 aromatic heterocycles. The minimum Gasteiger partial charge on any atom is -0.339 e. The fourth-order valence-corrected chi connectivity index (χ4v) is 3.75. The zero-order chi connectivity index (χ0) is 13.0. The first-order chi connectivity index (χ1) is 8.77. The molecule has 1 saturated carbocycles. The van der Waals surface area contributed by atoms with Crippen LogP contribution < -0.4 is 5.73 Å². The van der Waals surface area contributed by atoms with Crippen LogP contribution in [-0.4, -0.2) is 29.9 Å². The number of carbonyl (C=O) groups is 1. The molecule has 0 aromatic rings. The van der Waals surface area contributed by atoms with E-state index in [1.165, 1.54) is 32.1 Å². The molecule has 104 valence electrons. The third-order valence-corrected chi connectivity index (χ3v) is 4.91. The molecular formula is C15H28N2O. The summed E-state index contributed by atoms with van der Waals surface area (Å²) in [5, 5.41) is 0. The Morgan fingerprint density at radius 2 is 2.00 bits per heavy atom. The summed E-state index contributed by atoms with van der Waals surface area (Å²) in [7, 11) is 0. The first kappa shape index (κ1) is 13.9. The second-order valence-electron chi connectivity index (χ2n) is 5.98. The lowest BCUT2D eigenvalue weighted by molar-refractivity contribution is -0.139. The molecule has 1 amide bonds. The molecule has 3 unspecified atom stereocenters. The molecule has 0 bridgehead atoms. The van der Waals surface area contributed by atoms with E-state index in [-0.39, 0.29) is 5.92 Å². The van der Waals surface area contributed by atoms with Gasteiger partial charge in [-0.3, -0.25) is 4.79 Å². The van der Waals surface area contributed by atoms with Crippen molar-refractivity contribution in [2.45, 2.75) is 64.3 Å². The van der Waals surface area contributed by atoms with E-state index in [2.05, 4.69) is 11.8 Å². The third kappa shape index (κ3) is 2.87. The summed E-state index contributed by atoms with van der Waals surface area (Å²) >= 11 is 0. The van der Waals surface area contributed by atoms with E-state index in [0.29, 0.717) is 24.4 Å². The van der Waals surface area contributed by atoms with E-state index in [9.17, 15) is 4.79 Å². The molecule has 3 heteroatoms. The van der Waals surface area contributed by atoms with Crippen molar-refractivity contribution in [3.8, 4) is 0 Å². The molecule has 1 aliphatic carbocycles. The van der Waals surface area contributed by atoms with Gasteiger partial charge in [0, 0.05) is 18.5 Å². The Labute approximate surface area is 111 Å². The maximum atomic E-state index is 12.8. The summed E-state index contributed by atoms with van der Waals surface area (Å²) in [6, 6.07) is 0.485. The van der Waals surface area contributed by atoms with Crippen LogP contribution in [0, 0.1) is 11.8 Å². The molecular weight excluding hydrogens is 224 g/mol. The number of hydrogen-bond acceptors (Lipinski definition) is 2. The average Bonchev–Trinajstić information content (AvgIpc) is 2.74. The highest BCUT2D eigenvalue weighted by Crippen LogP contribution is 2.34. The van der Waals surface area contributed by atoms with Crippen LogP contribution >= 0.6 is 0 Å². The molecule has 3 atom stereocenters. The number of hydrogen-bond donors (Lipinski definition) is 1. The van der Waals surface area contributed by atoms with Crippen molar-refractivity contribution >= 4 is 5.91 Å². The van der Waals surface area contributed by atoms with Gasteiger partial charge >= 0.3 is 0 Å². The van der Waals surface area contributed by atoms with E-state index in [0.717, 1.165) is 25.8 Å². The zero-order valence-electron chi connectivity index (χ0n) is 11.7. The second kappa shape index (κ2) is 6.55. The fraction of sp³-hybridized carbons (Fsp3) is 0.933. The van der Waals surface area contributed by atoms with Crippen LogP contribution in [-0.2, 0) is 4.79 Å². The molecule has 2 fully saturated rings. The lowest BCUT2D eigenvalue weighted by atomic mass is 9.93. The molecule has 18 heavy (non-hydrogen) atoms. The monoisotopic (exact) mass is 252 g/mol. The molecule has 2 aliphatic rings. The van der Waals surface area contributed by atoms with Gasteiger partial charge in [0.1, 0.15) is 0 Å². The van der Waals surface area contributed by atoms with Crippen molar-refractivity contribution in [2.24, 2.45) is 17.6 Å². The molecule has 0 aromatic carbocycles. The van der Waals surface area contributed by atoms with Crippen molar-refractivity contribution in [1.82, 2.24) is 4.90 Å². The van der Waals surface area contributed by atoms with Gasteiger partial charge in [-0.25, -0.2) is 0 Å². The Morgan fingerprint density at radius 3 is 2.72 bits per heavy atom. The number of carbonyl (C=O) groups excluding carboxylic acids is 1. The van der Waals surface area contributed by atoms with Gasteiger partial charge < -0.3 is 10.6 Å². The van der Waals surface area contributed by atoms with Crippen LogP contribution in [0.25, 0.3) is 0 Å². The Bertz CT molecular complexity index is 280. The van der Waals surface area contributed by atoms with Gasteiger partial charge in [-0.2, -0.15) is 0 Å². The molecule has 3 nitrogen and oxygen atoms in total. The summed E-state index contributed by atoms with van der Waals surface area (Å²) in [6.45, 7) is 3.87. The van der Waals surface area contributed by atoms with Crippen molar-refractivity contribution in [3.05, 3.63) is 0 Å². The van der Waals surface area contributed by atoms with Gasteiger partial charge in [-0.15, -0.1) is 0 Å². The molecule has 2 N–H and O–H groups in total. The number of likely N-dealkylation sites (tertiary alicyclic amines) is 1. The van der Waals surface area contributed by atoms with Gasteiger partial charge in [-0.1, -0.05) is 26.2 Å². The number of nitrogens with two attached hydrogens (primary N) is 1. The lowest BCUT2D eigenvalue weighted by Crippen LogP contribution is -2.44. The van der Waals surface area contributed by atoms with Crippen LogP contribution in [0.2, 0.25) is 0 Å². The summed E-state index contributed by atoms with van der Waals surface area (Å²) < 4.78 is 0. The second-order valence-corrected chi connectivity index (χ2v) is 5.98. The summed E-state index contributed by atoms with van der Waals surface area (Å²) in [4.78, 5) is 15.0. The molecule has 0 spiro atoms. The minimum atomic E-state index is 0.224. The lowest BCUT2D eigenvalue weighted by Gasteiger charge is -2.33. The predicted octanol–water partition coefficient (Wildman–Crippen LogP) is 2.54. The summed E-state index contributed by atoms with van der Waals surface area (Å²) in [5.74, 6) is 1.08. The Hall–Kier alpha value is -0.570. The normalized spacial score (nSPS) is 33.4. The fourth-order valence-electron chi connectivity index (χ4n) is 3.75. The number of rotatable bonds is 3. The highest BCUT2D eigenvalue weighted by atomic mass is 16.2. The smallest absolute Gasteiger partial charge is 0.226 e. The standard InChI is InChI=1S/C15H28N2O/c1-2-13-8-4-3-5-10-17(13)15(18)14-9-6-7-12(14)11-16/h12-14H,2-11,16H2,1H3. The van der Waals surface area contributed by atoms with E-state index in [1.807, 2.05) is 0 Å². The van der Waals surface area contributed by atoms with Crippen LogP contribution in [0.3, 0.4) is 0 Å². The largest absolute Gasteiger partial charge is 0.339 e. The van der Waals surface area contributed by atoms with Crippen LogP contribution in [0.5, 0.6) is 0 Å². The zero-order valence-corrected chi connectivity index (χ0v) is 11.7. The predicted molar refractivity (Wildman–Crippen MR) is 74.1 cm³/mol. The van der Waals surface area contributed by atoms with Crippen molar-refractivity contribution < 1.29 is 4.79 Å². The maximum Gasteiger partial charge on any atom is 0.226 e. The van der Waals surface area contributed by atoms with Crippen LogP contribution in [0.4, 0.5) is 0 Å². The highest BCUT2D eigenvalue weighted by Gasteiger charge is 2.36. The van der Waals surface area contributed by atoms with Gasteiger partial charge in [0.2, 0.25) is 5.91 Å². The van der Waals surface area contributed by atoms with Crippen LogP contribution in [0.15, 0.2) is 0 Å². The van der Waals surface area contributed by atoms with E-state index < -0.39 is 0 Å². The molecule has 0 radical (unpaired) electrons. The summed E-state index contributed by atoms with van der Waals surface area (Å²) in [6.07, 6.45) is 9.45. The molecule has 1 saturated heterocycles. The van der Waals surface area contributed by atoms with E-state index >= 15 is 0 Å². The Kier molecular flexibility index (Phi) is 5.04. The first-order valence-electron chi connectivity index (χ1n) is 7.78. The average molecular weight is 252 g/mol. The van der Waals surface area contributed by atoms with Gasteiger partial charge in [0.15, 0.2) is 0 Å². The quantitative estimate of drug-likeness (QED) is 0.839. The number of nitrogens with zero attached hydrogens (tertiary/aromatic N) is 1. The van der Waals surface area contributed by atoms with Crippen molar-refractivity contribution in [2.75, 3.05) is 13.1 Å². The molecule has 1 heterocycles. The molecule has 1 aliphatic heterocycles. The Morgan fingerprint density at radius 1 is 1.17 bits per heavy atom. The Balaban J connectivity index is 2.05. The van der Waals surface area contributed by atoms with Crippen LogP contribution in [0.1, 0.15) is 58.3 Å². The number of amides is 1. The van der Waals surface area contributed by atoms with Gasteiger partial charge in [0.25, 0.3) is 0 Å². The van der Waals surface area contributed by atoms with Gasteiger partial charge in [0.05, 0.1) is 0 Å². The molecule has 2 rings (SSSR count). The van der Waals surface area contributed by atoms with Crippen molar-refractivity contribution in [3.63, 3.8) is 0 Å². The highest BCUT2D eigenvalue weighted by molar-refractivity contribution is 5.79. The summed E-state index contributed by atoms with van der Waals surface area (Å²) in [5.41, 5.74) is 5.82. The topological polar surface area (TPSA) is 46.3 Å². The third-order valence-electron chi connectivity index (χ3n) is 4.91. The minimum absolute atomic E-state index is 0.224.